The normalized spacial score (nSPS) is 11.2. The zero-order valence-corrected chi connectivity index (χ0v) is 17.9. The van der Waals surface area contributed by atoms with Crippen LogP contribution in [0.3, 0.4) is 0 Å². The second-order valence-corrected chi connectivity index (χ2v) is 8.69. The number of hydrogen-bond donors (Lipinski definition) is 2. The lowest BCUT2D eigenvalue weighted by molar-refractivity contribution is 0.0988. The molecule has 0 amide bonds. The zero-order valence-electron chi connectivity index (χ0n) is 17.1. The van der Waals surface area contributed by atoms with Crippen LogP contribution in [0.2, 0.25) is 0 Å². The first-order valence-corrected chi connectivity index (χ1v) is 11.1. The van der Waals surface area contributed by atoms with Crippen molar-refractivity contribution in [2.45, 2.75) is 32.1 Å². The molecule has 3 heterocycles. The van der Waals surface area contributed by atoms with Gasteiger partial charge in [-0.1, -0.05) is 6.92 Å². The number of Topliss-reactive ketones (excluding diaryl/α,β-unsaturated/α-hetero) is 1. The van der Waals surface area contributed by atoms with Crippen LogP contribution in [0.1, 0.15) is 35.2 Å². The van der Waals surface area contributed by atoms with E-state index in [4.69, 9.17) is 0 Å². The van der Waals surface area contributed by atoms with E-state index < -0.39 is 9.84 Å². The Morgan fingerprint density at radius 3 is 2.50 bits per heavy atom. The molecule has 3 rings (SSSR count). The van der Waals surface area contributed by atoms with Crippen LogP contribution in [-0.2, 0) is 9.84 Å². The fraction of sp³-hybridized carbons (Fsp3) is 0.250. The van der Waals surface area contributed by atoms with Crippen LogP contribution in [0, 0.1) is 13.8 Å². The molecule has 0 aliphatic rings. The number of hydrogen-bond acceptors (Lipinski definition) is 9. The second kappa shape index (κ2) is 8.54. The van der Waals surface area contributed by atoms with Crippen LogP contribution in [0.25, 0.3) is 0 Å². The van der Waals surface area contributed by atoms with Gasteiger partial charge in [0.25, 0.3) is 0 Å². The third-order valence-corrected chi connectivity index (χ3v) is 5.30. The first-order chi connectivity index (χ1) is 14.2. The summed E-state index contributed by atoms with van der Waals surface area (Å²) >= 11 is 0. The predicted molar refractivity (Wildman–Crippen MR) is 114 cm³/mol. The van der Waals surface area contributed by atoms with Crippen molar-refractivity contribution in [1.29, 1.82) is 0 Å². The molecule has 30 heavy (non-hydrogen) atoms. The molecule has 0 radical (unpaired) electrons. The standard InChI is InChI=1S/C20H22N6O3S/c1-5-16(27)14-11-22-18(26-19-9-12(2)23-13(3)24-19)10-15(14)25-20-17(30(4,28)29)7-6-8-21-20/h6-11H,5H2,1-4H3,(H2,21,22,23,24,25,26). The highest BCUT2D eigenvalue weighted by molar-refractivity contribution is 7.90. The summed E-state index contributed by atoms with van der Waals surface area (Å²) < 4.78 is 24.2. The van der Waals surface area contributed by atoms with Gasteiger partial charge in [-0.15, -0.1) is 0 Å². The van der Waals surface area contributed by atoms with E-state index in [9.17, 15) is 13.2 Å². The Hall–Kier alpha value is -3.40. The number of nitrogens with one attached hydrogen (secondary N) is 2. The number of nitrogens with zero attached hydrogens (tertiary/aromatic N) is 4. The van der Waals surface area contributed by atoms with Crippen LogP contribution in [-0.4, -0.2) is 40.4 Å². The molecule has 0 spiro atoms. The Morgan fingerprint density at radius 1 is 1.07 bits per heavy atom. The topological polar surface area (TPSA) is 127 Å². The molecule has 0 saturated heterocycles. The van der Waals surface area contributed by atoms with Gasteiger partial charge in [0.15, 0.2) is 15.6 Å². The number of aryl methyl sites for hydroxylation is 2. The van der Waals surface area contributed by atoms with Gasteiger partial charge in [-0.3, -0.25) is 4.79 Å². The number of rotatable bonds is 7. The summed E-state index contributed by atoms with van der Waals surface area (Å²) in [6.07, 6.45) is 4.30. The van der Waals surface area contributed by atoms with Gasteiger partial charge in [0.2, 0.25) is 0 Å². The van der Waals surface area contributed by atoms with Gasteiger partial charge < -0.3 is 10.6 Å². The molecule has 0 fully saturated rings. The fourth-order valence-electron chi connectivity index (χ4n) is 2.86. The molecule has 0 atom stereocenters. The van der Waals surface area contributed by atoms with Crippen molar-refractivity contribution in [2.24, 2.45) is 0 Å². The first kappa shape index (κ1) is 21.3. The van der Waals surface area contributed by atoms with Crippen molar-refractivity contribution >= 4 is 38.8 Å². The molecule has 0 saturated carbocycles. The second-order valence-electron chi connectivity index (χ2n) is 6.71. The molecule has 2 N–H and O–H groups in total. The van der Waals surface area contributed by atoms with Gasteiger partial charge in [0.1, 0.15) is 28.2 Å². The van der Waals surface area contributed by atoms with E-state index >= 15 is 0 Å². The van der Waals surface area contributed by atoms with Crippen LogP contribution in [0.4, 0.5) is 23.1 Å². The van der Waals surface area contributed by atoms with Crippen molar-refractivity contribution in [2.75, 3.05) is 16.9 Å². The van der Waals surface area contributed by atoms with Crippen molar-refractivity contribution < 1.29 is 13.2 Å². The van der Waals surface area contributed by atoms with Crippen LogP contribution in [0.15, 0.2) is 41.6 Å². The minimum Gasteiger partial charge on any atom is -0.338 e. The Morgan fingerprint density at radius 2 is 1.83 bits per heavy atom. The van der Waals surface area contributed by atoms with Gasteiger partial charge in [-0.2, -0.15) is 0 Å². The minimum atomic E-state index is -3.52. The van der Waals surface area contributed by atoms with E-state index in [0.29, 0.717) is 28.7 Å². The number of ketones is 1. The Balaban J connectivity index is 2.04. The molecular weight excluding hydrogens is 404 g/mol. The van der Waals surface area contributed by atoms with Gasteiger partial charge in [0, 0.05) is 42.9 Å². The van der Waals surface area contributed by atoms with Crippen molar-refractivity contribution in [3.63, 3.8) is 0 Å². The first-order valence-electron chi connectivity index (χ1n) is 9.22. The van der Waals surface area contributed by atoms with E-state index in [1.165, 1.54) is 18.5 Å². The smallest absolute Gasteiger partial charge is 0.179 e. The number of carbonyl (C=O) groups excluding carboxylic acids is 1. The molecule has 0 unspecified atom stereocenters. The Labute approximate surface area is 175 Å². The molecule has 9 nitrogen and oxygen atoms in total. The lowest BCUT2D eigenvalue weighted by atomic mass is 10.1. The highest BCUT2D eigenvalue weighted by Gasteiger charge is 2.18. The highest BCUT2D eigenvalue weighted by Crippen LogP contribution is 2.28. The molecule has 10 heteroatoms. The maximum Gasteiger partial charge on any atom is 0.179 e. The number of anilines is 4. The third kappa shape index (κ3) is 4.95. The summed E-state index contributed by atoms with van der Waals surface area (Å²) in [5.74, 6) is 1.60. The third-order valence-electron chi connectivity index (χ3n) is 4.17. The van der Waals surface area contributed by atoms with E-state index in [-0.39, 0.29) is 22.9 Å². The molecule has 0 aromatic carbocycles. The quantitative estimate of drug-likeness (QED) is 0.547. The molecule has 0 bridgehead atoms. The number of pyridine rings is 2. The molecular formula is C20H22N6O3S. The summed E-state index contributed by atoms with van der Waals surface area (Å²) in [6.45, 7) is 5.39. The summed E-state index contributed by atoms with van der Waals surface area (Å²) in [5.41, 5.74) is 1.53. The lowest BCUT2D eigenvalue weighted by Crippen LogP contribution is -2.09. The Kier molecular flexibility index (Phi) is 6.06. The van der Waals surface area contributed by atoms with Gasteiger partial charge in [0.05, 0.1) is 11.3 Å². The zero-order chi connectivity index (χ0) is 21.9. The van der Waals surface area contributed by atoms with Crippen LogP contribution in [0.5, 0.6) is 0 Å². The summed E-state index contributed by atoms with van der Waals surface area (Å²) in [6, 6.07) is 6.39. The van der Waals surface area contributed by atoms with E-state index in [0.717, 1.165) is 11.9 Å². The molecule has 3 aromatic rings. The summed E-state index contributed by atoms with van der Waals surface area (Å²) in [5, 5.41) is 6.08. The van der Waals surface area contributed by atoms with Crippen LogP contribution < -0.4 is 10.6 Å². The van der Waals surface area contributed by atoms with Crippen LogP contribution >= 0.6 is 0 Å². The maximum atomic E-state index is 12.4. The summed E-state index contributed by atoms with van der Waals surface area (Å²) in [7, 11) is -3.52. The molecule has 0 aliphatic heterocycles. The maximum absolute atomic E-state index is 12.4. The molecule has 156 valence electrons. The SMILES string of the molecule is CCC(=O)c1cnc(Nc2cc(C)nc(C)n2)cc1Nc1ncccc1S(C)(=O)=O. The van der Waals surface area contributed by atoms with Crippen molar-refractivity contribution in [3.05, 3.63) is 53.7 Å². The van der Waals surface area contributed by atoms with Crippen molar-refractivity contribution in [1.82, 2.24) is 19.9 Å². The van der Waals surface area contributed by atoms with Gasteiger partial charge in [-0.05, 0) is 26.0 Å². The fourth-order valence-corrected chi connectivity index (χ4v) is 3.64. The Bertz CT molecular complexity index is 1190. The lowest BCUT2D eigenvalue weighted by Gasteiger charge is -2.14. The average molecular weight is 427 g/mol. The molecule has 3 aromatic heterocycles. The number of carbonyl (C=O) groups is 1. The van der Waals surface area contributed by atoms with Crippen molar-refractivity contribution in [3.8, 4) is 0 Å². The van der Waals surface area contributed by atoms with Gasteiger partial charge in [-0.25, -0.2) is 28.4 Å². The minimum absolute atomic E-state index is 0.0354. The van der Waals surface area contributed by atoms with E-state index in [2.05, 4.69) is 30.6 Å². The number of aromatic nitrogens is 4. The van der Waals surface area contributed by atoms with E-state index in [1.54, 1.807) is 32.0 Å². The van der Waals surface area contributed by atoms with Gasteiger partial charge >= 0.3 is 0 Å². The molecule has 0 aliphatic carbocycles. The number of sulfone groups is 1. The largest absolute Gasteiger partial charge is 0.338 e. The average Bonchev–Trinajstić information content (AvgIpc) is 2.66. The highest BCUT2D eigenvalue weighted by atomic mass is 32.2. The van der Waals surface area contributed by atoms with E-state index in [1.807, 2.05) is 6.92 Å². The summed E-state index contributed by atoms with van der Waals surface area (Å²) in [4.78, 5) is 29.4. The predicted octanol–water partition coefficient (Wildman–Crippen LogP) is 3.37. The monoisotopic (exact) mass is 426 g/mol.